The maximum absolute atomic E-state index is 13.2. The zero-order chi connectivity index (χ0) is 34.7. The number of fused-ring (bicyclic) bond motifs is 2. The normalized spacial score (nSPS) is 11.8. The summed E-state index contributed by atoms with van der Waals surface area (Å²) in [6.07, 6.45) is 1.35. The van der Waals surface area contributed by atoms with E-state index < -0.39 is 11.9 Å². The number of azo groups is 2. The highest BCUT2D eigenvalue weighted by molar-refractivity contribution is 8.01. The Morgan fingerprint density at radius 2 is 1.45 bits per heavy atom. The summed E-state index contributed by atoms with van der Waals surface area (Å²) in [6, 6.07) is 8.15. The fraction of sp³-hybridized carbons (Fsp3) is 0.250. The van der Waals surface area contributed by atoms with Crippen molar-refractivity contribution in [2.24, 2.45) is 20.5 Å². The number of thiophene rings is 2. The number of aromatic nitrogens is 2. The van der Waals surface area contributed by atoms with Gasteiger partial charge in [0.2, 0.25) is 5.88 Å². The van der Waals surface area contributed by atoms with Crippen LogP contribution in [-0.4, -0.2) is 46.2 Å². The number of benzene rings is 2. The second-order valence-corrected chi connectivity index (χ2v) is 15.1. The molecule has 4 aromatic heterocycles. The van der Waals surface area contributed by atoms with Crippen molar-refractivity contribution >= 4 is 100 Å². The summed E-state index contributed by atoms with van der Waals surface area (Å²) >= 11 is 5.67. The first-order chi connectivity index (χ1) is 23.7. The Balaban J connectivity index is 1.35. The largest absolute Gasteiger partial charge is 0.507 e. The number of hydrogen-bond acceptors (Lipinski definition) is 17. The van der Waals surface area contributed by atoms with E-state index in [1.54, 1.807) is 31.7 Å². The number of aryl methyl sites for hydroxylation is 2. The third-order valence-corrected chi connectivity index (χ3v) is 10.6. The van der Waals surface area contributed by atoms with E-state index in [1.165, 1.54) is 52.4 Å². The van der Waals surface area contributed by atoms with Crippen LogP contribution in [0.25, 0.3) is 20.2 Å². The van der Waals surface area contributed by atoms with Gasteiger partial charge < -0.3 is 23.7 Å². The van der Waals surface area contributed by atoms with Gasteiger partial charge in [0.25, 0.3) is 5.13 Å². The number of phenolic OH excluding ortho intramolecular Hbond substituents is 1. The van der Waals surface area contributed by atoms with Crippen LogP contribution >= 0.6 is 45.8 Å². The lowest BCUT2D eigenvalue weighted by molar-refractivity contribution is 0.0517. The Morgan fingerprint density at radius 1 is 0.816 bits per heavy atom. The molecule has 0 saturated heterocycles. The molecule has 13 nitrogen and oxygen atoms in total. The van der Waals surface area contributed by atoms with Gasteiger partial charge in [-0.1, -0.05) is 30.0 Å². The third-order valence-electron chi connectivity index (χ3n) is 6.68. The van der Waals surface area contributed by atoms with Crippen LogP contribution < -0.4 is 4.74 Å². The fourth-order valence-corrected chi connectivity index (χ4v) is 8.32. The molecule has 0 bridgehead atoms. The molecule has 0 atom stereocenters. The monoisotopic (exact) mass is 736 g/mol. The Hall–Kier alpha value is -4.71. The SMILES string of the molecule is CCOC(=O)c1cc(O)c2cc(C)sc2c1N=Nc1cc(Oc2cc(C(=O)OCC)c(N=Nc3nnc(SCC)s3)c3sc(C)cc23)co1. The number of nitrogens with zero attached hydrogens (tertiary/aromatic N) is 6. The summed E-state index contributed by atoms with van der Waals surface area (Å²) in [5.74, 6) is 0.308. The van der Waals surface area contributed by atoms with Crippen LogP contribution in [0.15, 0.2) is 65.8 Å². The lowest BCUT2D eigenvalue weighted by Crippen LogP contribution is -2.05. The molecule has 17 heteroatoms. The van der Waals surface area contributed by atoms with Crippen LogP contribution in [0.2, 0.25) is 0 Å². The third kappa shape index (κ3) is 7.34. The second-order valence-electron chi connectivity index (χ2n) is 10.1. The maximum atomic E-state index is 13.2. The van der Waals surface area contributed by atoms with Gasteiger partial charge in [-0.05, 0) is 57.7 Å². The number of carbonyl (C=O) groups is 2. The Kier molecular flexibility index (Phi) is 10.3. The predicted molar refractivity (Wildman–Crippen MR) is 190 cm³/mol. The van der Waals surface area contributed by atoms with E-state index in [0.29, 0.717) is 36.7 Å². The van der Waals surface area contributed by atoms with Crippen molar-refractivity contribution in [3.8, 4) is 17.2 Å². The highest BCUT2D eigenvalue weighted by Gasteiger charge is 2.24. The molecule has 0 amide bonds. The first-order valence-electron chi connectivity index (χ1n) is 14.9. The Bertz CT molecular complexity index is 2250. The van der Waals surface area contributed by atoms with Gasteiger partial charge in [0.15, 0.2) is 10.1 Å². The van der Waals surface area contributed by atoms with Crippen LogP contribution in [0.5, 0.6) is 17.2 Å². The van der Waals surface area contributed by atoms with Crippen molar-refractivity contribution < 1.29 is 33.3 Å². The van der Waals surface area contributed by atoms with E-state index in [0.717, 1.165) is 19.8 Å². The fourth-order valence-electron chi connectivity index (χ4n) is 4.73. The summed E-state index contributed by atoms with van der Waals surface area (Å²) < 4.78 is 24.5. The van der Waals surface area contributed by atoms with Gasteiger partial charge in [0.05, 0.1) is 33.7 Å². The summed E-state index contributed by atoms with van der Waals surface area (Å²) in [7, 11) is 0. The number of esters is 2. The van der Waals surface area contributed by atoms with Crippen molar-refractivity contribution in [2.75, 3.05) is 19.0 Å². The van der Waals surface area contributed by atoms with E-state index in [2.05, 4.69) is 30.7 Å². The lowest BCUT2D eigenvalue weighted by atomic mass is 10.1. The topological polar surface area (TPSA) is 170 Å². The van der Waals surface area contributed by atoms with E-state index >= 15 is 0 Å². The summed E-state index contributed by atoms with van der Waals surface area (Å²) in [6.45, 7) is 9.58. The molecule has 0 aliphatic carbocycles. The molecule has 0 unspecified atom stereocenters. The zero-order valence-corrected chi connectivity index (χ0v) is 30.1. The van der Waals surface area contributed by atoms with Gasteiger partial charge in [-0.15, -0.1) is 53.3 Å². The zero-order valence-electron chi connectivity index (χ0n) is 26.8. The Labute approximate surface area is 295 Å². The summed E-state index contributed by atoms with van der Waals surface area (Å²) in [5, 5.41) is 37.7. The molecule has 0 fully saturated rings. The first-order valence-corrected chi connectivity index (χ1v) is 18.4. The number of furan rings is 1. The molecule has 0 radical (unpaired) electrons. The molecule has 4 heterocycles. The van der Waals surface area contributed by atoms with Gasteiger partial charge in [0, 0.05) is 26.6 Å². The van der Waals surface area contributed by atoms with Crippen LogP contribution in [0.3, 0.4) is 0 Å². The number of phenols is 1. The standard InChI is InChI=1S/C32H28N6O7S4/c1-6-42-29(40)20-12-22(39)18-9-15(4)47-27(18)25(20)34-33-24-11-17(14-44-24)45-23-13-21(30(41)43-7-2)26(28-19(23)10-16(5)48-28)35-36-31-37-38-32(49-31)46-8-3/h9-14,39H,6-8H2,1-5H3. The van der Waals surface area contributed by atoms with Gasteiger partial charge >= 0.3 is 11.9 Å². The van der Waals surface area contributed by atoms with Crippen molar-refractivity contribution in [2.45, 2.75) is 39.0 Å². The minimum atomic E-state index is -0.637. The number of carbonyl (C=O) groups excluding carboxylic acids is 2. The average Bonchev–Trinajstić information content (AvgIpc) is 3.87. The van der Waals surface area contributed by atoms with Crippen molar-refractivity contribution in [1.29, 1.82) is 0 Å². The first kappa shape index (κ1) is 34.2. The molecule has 252 valence electrons. The second kappa shape index (κ2) is 14.8. The van der Waals surface area contributed by atoms with Crippen molar-refractivity contribution in [1.82, 2.24) is 10.2 Å². The lowest BCUT2D eigenvalue weighted by Gasteiger charge is -2.10. The molecule has 49 heavy (non-hydrogen) atoms. The minimum Gasteiger partial charge on any atom is -0.507 e. The van der Waals surface area contributed by atoms with Gasteiger partial charge in [-0.2, -0.15) is 0 Å². The molecular formula is C32H28N6O7S4. The average molecular weight is 737 g/mol. The highest BCUT2D eigenvalue weighted by Crippen LogP contribution is 2.46. The molecule has 0 saturated carbocycles. The van der Waals surface area contributed by atoms with E-state index in [4.69, 9.17) is 18.6 Å². The van der Waals surface area contributed by atoms with Crippen LogP contribution in [0, 0.1) is 13.8 Å². The molecule has 0 spiro atoms. The summed E-state index contributed by atoms with van der Waals surface area (Å²) in [5.41, 5.74) is 0.823. The van der Waals surface area contributed by atoms with Crippen molar-refractivity contribution in [3.63, 3.8) is 0 Å². The quantitative estimate of drug-likeness (QED) is 0.0724. The molecule has 2 aromatic carbocycles. The van der Waals surface area contributed by atoms with Gasteiger partial charge in [-0.3, -0.25) is 0 Å². The van der Waals surface area contributed by atoms with Crippen LogP contribution in [0.1, 0.15) is 51.2 Å². The van der Waals surface area contributed by atoms with E-state index in [9.17, 15) is 14.7 Å². The number of aromatic hydroxyl groups is 1. The van der Waals surface area contributed by atoms with Gasteiger partial charge in [-0.25, -0.2) is 9.59 Å². The molecule has 0 aliphatic rings. The number of thioether (sulfide) groups is 1. The predicted octanol–water partition coefficient (Wildman–Crippen LogP) is 11.0. The minimum absolute atomic E-state index is 0.0555. The van der Waals surface area contributed by atoms with Crippen molar-refractivity contribution in [3.05, 3.63) is 57.5 Å². The van der Waals surface area contributed by atoms with E-state index in [1.807, 2.05) is 32.9 Å². The number of rotatable bonds is 12. The van der Waals surface area contributed by atoms with Gasteiger partial charge in [0.1, 0.15) is 29.1 Å². The number of hydrogen-bond donors (Lipinski definition) is 1. The molecular weight excluding hydrogens is 709 g/mol. The maximum Gasteiger partial charge on any atom is 0.340 e. The molecule has 1 N–H and O–H groups in total. The van der Waals surface area contributed by atoms with Crippen LogP contribution in [0.4, 0.5) is 22.4 Å². The molecule has 6 aromatic rings. The highest BCUT2D eigenvalue weighted by atomic mass is 32.2. The smallest absolute Gasteiger partial charge is 0.340 e. The Morgan fingerprint density at radius 3 is 2.12 bits per heavy atom. The van der Waals surface area contributed by atoms with E-state index in [-0.39, 0.29) is 47.4 Å². The molecule has 6 rings (SSSR count). The van der Waals surface area contributed by atoms with Crippen LogP contribution in [-0.2, 0) is 9.47 Å². The number of ether oxygens (including phenoxy) is 3. The summed E-state index contributed by atoms with van der Waals surface area (Å²) in [4.78, 5) is 27.8. The molecule has 0 aliphatic heterocycles.